The van der Waals surface area contributed by atoms with Crippen molar-refractivity contribution in [2.75, 3.05) is 20.7 Å². The maximum atomic E-state index is 11.5. The van der Waals surface area contributed by atoms with Gasteiger partial charge in [-0.1, -0.05) is 13.8 Å². The second-order valence-corrected chi connectivity index (χ2v) is 4.70. The molecule has 0 aliphatic rings. The standard InChI is InChI=1S/C12H24N2O3/c1-8(2)9(3)14(5)7-11(12(16)17-6)13-10(4)15/h8-9,11H,7H2,1-6H3,(H,13,15). The van der Waals surface area contributed by atoms with Crippen LogP contribution in [0.5, 0.6) is 0 Å². The van der Waals surface area contributed by atoms with Gasteiger partial charge in [0.15, 0.2) is 0 Å². The average Bonchev–Trinajstić information content (AvgIpc) is 2.24. The number of ether oxygens (including phenoxy) is 1. The van der Waals surface area contributed by atoms with Crippen LogP contribution < -0.4 is 5.32 Å². The van der Waals surface area contributed by atoms with Crippen molar-refractivity contribution in [3.63, 3.8) is 0 Å². The third kappa shape index (κ3) is 5.68. The lowest BCUT2D eigenvalue weighted by atomic mass is 10.0. The van der Waals surface area contributed by atoms with Gasteiger partial charge in [-0.2, -0.15) is 0 Å². The molecule has 5 heteroatoms. The fourth-order valence-electron chi connectivity index (χ4n) is 1.53. The van der Waals surface area contributed by atoms with E-state index in [1.54, 1.807) is 0 Å². The Balaban J connectivity index is 4.52. The van der Waals surface area contributed by atoms with E-state index in [1.165, 1.54) is 14.0 Å². The van der Waals surface area contributed by atoms with Gasteiger partial charge < -0.3 is 15.0 Å². The molecule has 0 aromatic carbocycles. The number of nitrogens with zero attached hydrogens (tertiary/aromatic N) is 1. The van der Waals surface area contributed by atoms with Gasteiger partial charge in [0.1, 0.15) is 6.04 Å². The average molecular weight is 244 g/mol. The summed E-state index contributed by atoms with van der Waals surface area (Å²) in [6.07, 6.45) is 0. The van der Waals surface area contributed by atoms with Gasteiger partial charge in [-0.25, -0.2) is 4.79 Å². The summed E-state index contributed by atoms with van der Waals surface area (Å²) in [6.45, 7) is 8.17. The molecule has 17 heavy (non-hydrogen) atoms. The van der Waals surface area contributed by atoms with Crippen LogP contribution in [0.4, 0.5) is 0 Å². The fourth-order valence-corrected chi connectivity index (χ4v) is 1.53. The molecule has 2 unspecified atom stereocenters. The van der Waals surface area contributed by atoms with Crippen LogP contribution >= 0.6 is 0 Å². The second kappa shape index (κ2) is 7.27. The van der Waals surface area contributed by atoms with Crippen LogP contribution in [0.1, 0.15) is 27.7 Å². The highest BCUT2D eigenvalue weighted by Crippen LogP contribution is 2.08. The molecular weight excluding hydrogens is 220 g/mol. The maximum absolute atomic E-state index is 11.5. The van der Waals surface area contributed by atoms with Crippen LogP contribution in [0.25, 0.3) is 0 Å². The van der Waals surface area contributed by atoms with Crippen molar-refractivity contribution in [2.24, 2.45) is 5.92 Å². The highest BCUT2D eigenvalue weighted by Gasteiger charge is 2.24. The van der Waals surface area contributed by atoms with Crippen LogP contribution in [0.2, 0.25) is 0 Å². The number of hydrogen-bond donors (Lipinski definition) is 1. The first-order valence-electron chi connectivity index (χ1n) is 5.84. The Morgan fingerprint density at radius 1 is 1.29 bits per heavy atom. The van der Waals surface area contributed by atoms with Gasteiger partial charge >= 0.3 is 5.97 Å². The van der Waals surface area contributed by atoms with E-state index < -0.39 is 12.0 Å². The van der Waals surface area contributed by atoms with Gasteiger partial charge in [0.25, 0.3) is 0 Å². The molecule has 5 nitrogen and oxygen atoms in total. The molecule has 0 aromatic rings. The van der Waals surface area contributed by atoms with E-state index in [-0.39, 0.29) is 5.91 Å². The quantitative estimate of drug-likeness (QED) is 0.697. The SMILES string of the molecule is COC(=O)C(CN(C)C(C)C(C)C)NC(C)=O. The number of hydrogen-bond acceptors (Lipinski definition) is 4. The summed E-state index contributed by atoms with van der Waals surface area (Å²) in [6, 6.07) is -0.278. The van der Waals surface area contributed by atoms with Gasteiger partial charge in [-0.05, 0) is 19.9 Å². The molecule has 0 fully saturated rings. The number of esters is 1. The minimum absolute atomic E-state index is 0.231. The summed E-state index contributed by atoms with van der Waals surface area (Å²) >= 11 is 0. The molecule has 0 aromatic heterocycles. The molecule has 0 aliphatic heterocycles. The number of rotatable bonds is 6. The zero-order valence-electron chi connectivity index (χ0n) is 11.6. The first-order chi connectivity index (χ1) is 7.79. The molecule has 0 rings (SSSR count). The number of nitrogens with one attached hydrogen (secondary N) is 1. The normalized spacial score (nSPS) is 14.6. The number of amides is 1. The molecule has 100 valence electrons. The lowest BCUT2D eigenvalue weighted by molar-refractivity contribution is -0.145. The Bertz CT molecular complexity index is 266. The Morgan fingerprint density at radius 3 is 2.18 bits per heavy atom. The second-order valence-electron chi connectivity index (χ2n) is 4.70. The predicted molar refractivity (Wildman–Crippen MR) is 66.6 cm³/mol. The summed E-state index contributed by atoms with van der Waals surface area (Å²) in [5.74, 6) is -0.162. The van der Waals surface area contributed by atoms with E-state index in [4.69, 9.17) is 0 Å². The van der Waals surface area contributed by atoms with Crippen LogP contribution in [-0.2, 0) is 14.3 Å². The van der Waals surface area contributed by atoms with Gasteiger partial charge in [-0.15, -0.1) is 0 Å². The molecular formula is C12H24N2O3. The summed E-state index contributed by atoms with van der Waals surface area (Å²) in [4.78, 5) is 24.6. The maximum Gasteiger partial charge on any atom is 0.329 e. The van der Waals surface area contributed by atoms with Gasteiger partial charge in [0.05, 0.1) is 7.11 Å². The Hall–Kier alpha value is -1.10. The molecule has 1 amide bonds. The van der Waals surface area contributed by atoms with Crippen molar-refractivity contribution >= 4 is 11.9 Å². The predicted octanol–water partition coefficient (Wildman–Crippen LogP) is 0.640. The number of likely N-dealkylation sites (N-methyl/N-ethyl adjacent to an activating group) is 1. The Morgan fingerprint density at radius 2 is 1.82 bits per heavy atom. The van der Waals surface area contributed by atoms with E-state index in [2.05, 4.69) is 30.8 Å². The molecule has 0 radical (unpaired) electrons. The van der Waals surface area contributed by atoms with Crippen molar-refractivity contribution in [3.05, 3.63) is 0 Å². The summed E-state index contributed by atoms with van der Waals surface area (Å²) < 4.78 is 4.67. The van der Waals surface area contributed by atoms with E-state index in [9.17, 15) is 9.59 Å². The third-order valence-electron chi connectivity index (χ3n) is 2.99. The van der Waals surface area contributed by atoms with Gasteiger partial charge in [0, 0.05) is 19.5 Å². The van der Waals surface area contributed by atoms with Crippen LogP contribution in [0, 0.1) is 5.92 Å². The fraction of sp³-hybridized carbons (Fsp3) is 0.833. The summed E-state index contributed by atoms with van der Waals surface area (Å²) in [5.41, 5.74) is 0. The minimum atomic E-state index is -0.608. The molecule has 0 heterocycles. The lowest BCUT2D eigenvalue weighted by Crippen LogP contribution is -2.50. The van der Waals surface area contributed by atoms with E-state index in [1.807, 2.05) is 11.9 Å². The number of carbonyl (C=O) groups excluding carboxylic acids is 2. The molecule has 1 N–H and O–H groups in total. The molecule has 2 atom stereocenters. The zero-order chi connectivity index (χ0) is 13.6. The van der Waals surface area contributed by atoms with Crippen molar-refractivity contribution in [1.29, 1.82) is 0 Å². The van der Waals surface area contributed by atoms with E-state index in [0.717, 1.165) is 0 Å². The van der Waals surface area contributed by atoms with Crippen molar-refractivity contribution in [3.8, 4) is 0 Å². The van der Waals surface area contributed by atoms with Crippen LogP contribution in [0.3, 0.4) is 0 Å². The van der Waals surface area contributed by atoms with E-state index >= 15 is 0 Å². The topological polar surface area (TPSA) is 58.6 Å². The largest absolute Gasteiger partial charge is 0.467 e. The number of methoxy groups -OCH3 is 1. The van der Waals surface area contributed by atoms with Gasteiger partial charge in [0.2, 0.25) is 5.91 Å². The molecule has 0 saturated carbocycles. The molecule has 0 spiro atoms. The monoisotopic (exact) mass is 244 g/mol. The van der Waals surface area contributed by atoms with E-state index in [0.29, 0.717) is 18.5 Å². The Kier molecular flexibility index (Phi) is 6.80. The number of carbonyl (C=O) groups is 2. The molecule has 0 bridgehead atoms. The highest BCUT2D eigenvalue weighted by atomic mass is 16.5. The lowest BCUT2D eigenvalue weighted by Gasteiger charge is -2.30. The van der Waals surface area contributed by atoms with Crippen LogP contribution in [-0.4, -0.2) is 49.6 Å². The molecule has 0 aliphatic carbocycles. The third-order valence-corrected chi connectivity index (χ3v) is 2.99. The molecule has 0 saturated heterocycles. The Labute approximate surface area is 103 Å². The highest BCUT2D eigenvalue weighted by molar-refractivity contribution is 5.83. The first-order valence-corrected chi connectivity index (χ1v) is 5.84. The minimum Gasteiger partial charge on any atom is -0.467 e. The zero-order valence-corrected chi connectivity index (χ0v) is 11.6. The van der Waals surface area contributed by atoms with Crippen molar-refractivity contribution < 1.29 is 14.3 Å². The smallest absolute Gasteiger partial charge is 0.329 e. The summed E-state index contributed by atoms with van der Waals surface area (Å²) in [5, 5.41) is 2.60. The first kappa shape index (κ1) is 15.9. The van der Waals surface area contributed by atoms with Crippen LogP contribution in [0.15, 0.2) is 0 Å². The van der Waals surface area contributed by atoms with Crippen molar-refractivity contribution in [1.82, 2.24) is 10.2 Å². The van der Waals surface area contributed by atoms with Crippen molar-refractivity contribution in [2.45, 2.75) is 39.8 Å². The summed E-state index contributed by atoms with van der Waals surface area (Å²) in [7, 11) is 3.26. The van der Waals surface area contributed by atoms with Gasteiger partial charge in [-0.3, -0.25) is 4.79 Å².